The lowest BCUT2D eigenvalue weighted by Gasteiger charge is -2.09. The molecule has 2 aromatic rings. The molecule has 0 saturated heterocycles. The monoisotopic (exact) mass is 318 g/mol. The summed E-state index contributed by atoms with van der Waals surface area (Å²) >= 11 is 0. The summed E-state index contributed by atoms with van der Waals surface area (Å²) in [5, 5.41) is 5.69. The van der Waals surface area contributed by atoms with Crippen LogP contribution in [0.15, 0.2) is 42.5 Å². The van der Waals surface area contributed by atoms with Crippen molar-refractivity contribution in [3.05, 3.63) is 59.7 Å². The number of carbonyl (C=O) groups excluding carboxylic acids is 1. The molecule has 5 heteroatoms. The van der Waals surface area contributed by atoms with E-state index in [4.69, 9.17) is 0 Å². The zero-order chi connectivity index (χ0) is 16.8. The van der Waals surface area contributed by atoms with E-state index in [2.05, 4.69) is 24.5 Å². The van der Waals surface area contributed by atoms with Gasteiger partial charge in [0.25, 0.3) is 0 Å². The van der Waals surface area contributed by atoms with E-state index in [0.29, 0.717) is 18.2 Å². The summed E-state index contributed by atoms with van der Waals surface area (Å²) < 4.78 is 25.9. The van der Waals surface area contributed by atoms with E-state index < -0.39 is 11.6 Å². The molecule has 122 valence electrons. The van der Waals surface area contributed by atoms with E-state index >= 15 is 0 Å². The molecule has 0 aliphatic carbocycles. The second-order valence-electron chi connectivity index (χ2n) is 5.63. The van der Waals surface area contributed by atoms with Gasteiger partial charge in [0, 0.05) is 24.3 Å². The predicted molar refractivity (Wildman–Crippen MR) is 88.6 cm³/mol. The van der Waals surface area contributed by atoms with Crippen LogP contribution in [0.3, 0.4) is 0 Å². The van der Waals surface area contributed by atoms with Crippen molar-refractivity contribution in [2.75, 3.05) is 17.2 Å². The highest BCUT2D eigenvalue weighted by Gasteiger charge is 2.05. The van der Waals surface area contributed by atoms with Crippen molar-refractivity contribution < 1.29 is 13.6 Å². The summed E-state index contributed by atoms with van der Waals surface area (Å²) in [5.74, 6) is -1.50. The number of halogens is 2. The second-order valence-corrected chi connectivity index (χ2v) is 5.63. The lowest BCUT2D eigenvalue weighted by molar-refractivity contribution is -0.115. The Labute approximate surface area is 134 Å². The molecule has 23 heavy (non-hydrogen) atoms. The molecule has 2 aromatic carbocycles. The molecule has 0 atom stereocenters. The molecular formula is C18H20F2N2O. The SMILES string of the molecule is CC(C)c1ccc(NC(=O)CCNc2ccc(F)c(F)c2)cc1. The maximum atomic E-state index is 13.0. The van der Waals surface area contributed by atoms with Gasteiger partial charge in [-0.2, -0.15) is 0 Å². The van der Waals surface area contributed by atoms with Gasteiger partial charge >= 0.3 is 0 Å². The van der Waals surface area contributed by atoms with Crippen LogP contribution in [0, 0.1) is 11.6 Å². The number of amides is 1. The zero-order valence-electron chi connectivity index (χ0n) is 13.2. The van der Waals surface area contributed by atoms with Crippen molar-refractivity contribution >= 4 is 17.3 Å². The summed E-state index contributed by atoms with van der Waals surface area (Å²) in [6, 6.07) is 11.3. The van der Waals surface area contributed by atoms with Crippen LogP contribution in [-0.4, -0.2) is 12.5 Å². The Morgan fingerprint density at radius 2 is 1.65 bits per heavy atom. The van der Waals surface area contributed by atoms with Gasteiger partial charge in [-0.25, -0.2) is 8.78 Å². The first-order valence-corrected chi connectivity index (χ1v) is 7.54. The Balaban J connectivity index is 1.79. The molecule has 0 aliphatic heterocycles. The third kappa shape index (κ3) is 5.06. The fourth-order valence-electron chi connectivity index (χ4n) is 2.10. The summed E-state index contributed by atoms with van der Waals surface area (Å²) in [6.45, 7) is 4.55. The molecule has 0 aliphatic rings. The minimum Gasteiger partial charge on any atom is -0.384 e. The Kier molecular flexibility index (Phi) is 5.68. The highest BCUT2D eigenvalue weighted by atomic mass is 19.2. The lowest BCUT2D eigenvalue weighted by Crippen LogP contribution is -2.16. The standard InChI is InChI=1S/C18H20F2N2O/c1-12(2)13-3-5-14(6-4-13)22-18(23)9-10-21-15-7-8-16(19)17(20)11-15/h3-8,11-12,21H,9-10H2,1-2H3,(H,22,23). The first-order valence-electron chi connectivity index (χ1n) is 7.54. The Hall–Kier alpha value is -2.43. The van der Waals surface area contributed by atoms with Crippen molar-refractivity contribution in [1.29, 1.82) is 0 Å². The van der Waals surface area contributed by atoms with Gasteiger partial charge in [0.15, 0.2) is 11.6 Å². The van der Waals surface area contributed by atoms with Gasteiger partial charge in [-0.3, -0.25) is 4.79 Å². The molecule has 3 nitrogen and oxygen atoms in total. The highest BCUT2D eigenvalue weighted by Crippen LogP contribution is 2.17. The Morgan fingerprint density at radius 3 is 2.26 bits per heavy atom. The van der Waals surface area contributed by atoms with Gasteiger partial charge in [-0.05, 0) is 41.8 Å². The molecule has 0 heterocycles. The molecule has 0 fully saturated rings. The van der Waals surface area contributed by atoms with E-state index in [-0.39, 0.29) is 12.3 Å². The number of hydrogen-bond donors (Lipinski definition) is 2. The lowest BCUT2D eigenvalue weighted by atomic mass is 10.0. The first-order chi connectivity index (χ1) is 11.0. The van der Waals surface area contributed by atoms with Gasteiger partial charge in [0.1, 0.15) is 0 Å². The smallest absolute Gasteiger partial charge is 0.226 e. The van der Waals surface area contributed by atoms with Crippen LogP contribution in [0.2, 0.25) is 0 Å². The van der Waals surface area contributed by atoms with Gasteiger partial charge in [-0.1, -0.05) is 26.0 Å². The second kappa shape index (κ2) is 7.72. The van der Waals surface area contributed by atoms with Crippen LogP contribution >= 0.6 is 0 Å². The van der Waals surface area contributed by atoms with Gasteiger partial charge in [0.2, 0.25) is 5.91 Å². The number of benzene rings is 2. The summed E-state index contributed by atoms with van der Waals surface area (Å²) in [5.41, 5.74) is 2.40. The third-order valence-electron chi connectivity index (χ3n) is 3.46. The minimum atomic E-state index is -0.912. The summed E-state index contributed by atoms with van der Waals surface area (Å²) in [7, 11) is 0. The number of anilines is 2. The van der Waals surface area contributed by atoms with Crippen LogP contribution < -0.4 is 10.6 Å². The van der Waals surface area contributed by atoms with Crippen molar-refractivity contribution in [2.45, 2.75) is 26.2 Å². The van der Waals surface area contributed by atoms with Crippen molar-refractivity contribution in [2.24, 2.45) is 0 Å². The maximum Gasteiger partial charge on any atom is 0.226 e. The quantitative estimate of drug-likeness (QED) is 0.821. The van der Waals surface area contributed by atoms with Gasteiger partial charge < -0.3 is 10.6 Å². The number of hydrogen-bond acceptors (Lipinski definition) is 2. The number of nitrogens with one attached hydrogen (secondary N) is 2. The van der Waals surface area contributed by atoms with Crippen LogP contribution in [0.25, 0.3) is 0 Å². The Morgan fingerprint density at radius 1 is 1.00 bits per heavy atom. The third-order valence-corrected chi connectivity index (χ3v) is 3.46. The molecule has 0 bridgehead atoms. The Bertz CT molecular complexity index is 669. The average molecular weight is 318 g/mol. The zero-order valence-corrected chi connectivity index (χ0v) is 13.2. The number of rotatable bonds is 6. The van der Waals surface area contributed by atoms with E-state index in [9.17, 15) is 13.6 Å². The first kappa shape index (κ1) is 16.9. The van der Waals surface area contributed by atoms with Gasteiger partial charge in [-0.15, -0.1) is 0 Å². The molecule has 0 spiro atoms. The summed E-state index contributed by atoms with van der Waals surface area (Å²) in [6.07, 6.45) is 0.227. The van der Waals surface area contributed by atoms with Crippen LogP contribution in [0.5, 0.6) is 0 Å². The maximum absolute atomic E-state index is 13.0. The molecule has 0 saturated carbocycles. The highest BCUT2D eigenvalue weighted by molar-refractivity contribution is 5.91. The van der Waals surface area contributed by atoms with E-state index in [1.165, 1.54) is 11.6 Å². The van der Waals surface area contributed by atoms with E-state index in [0.717, 1.165) is 17.8 Å². The van der Waals surface area contributed by atoms with E-state index in [1.807, 2.05) is 24.3 Å². The van der Waals surface area contributed by atoms with Gasteiger partial charge in [0.05, 0.1) is 0 Å². The molecule has 1 amide bonds. The van der Waals surface area contributed by atoms with Crippen LogP contribution in [0.4, 0.5) is 20.2 Å². The molecule has 0 aromatic heterocycles. The predicted octanol–water partition coefficient (Wildman–Crippen LogP) is 4.53. The van der Waals surface area contributed by atoms with E-state index in [1.54, 1.807) is 0 Å². The minimum absolute atomic E-state index is 0.141. The van der Waals surface area contributed by atoms with Crippen molar-refractivity contribution in [3.8, 4) is 0 Å². The largest absolute Gasteiger partial charge is 0.384 e. The molecule has 0 unspecified atom stereocenters. The molecule has 0 radical (unpaired) electrons. The normalized spacial score (nSPS) is 10.7. The van der Waals surface area contributed by atoms with Crippen LogP contribution in [0.1, 0.15) is 31.7 Å². The average Bonchev–Trinajstić information content (AvgIpc) is 2.51. The molecule has 2 N–H and O–H groups in total. The fraction of sp³-hybridized carbons (Fsp3) is 0.278. The van der Waals surface area contributed by atoms with Crippen molar-refractivity contribution in [3.63, 3.8) is 0 Å². The summed E-state index contributed by atoms with van der Waals surface area (Å²) in [4.78, 5) is 11.9. The molecule has 2 rings (SSSR count). The van der Waals surface area contributed by atoms with Crippen molar-refractivity contribution in [1.82, 2.24) is 0 Å². The fourth-order valence-corrected chi connectivity index (χ4v) is 2.10. The van der Waals surface area contributed by atoms with Crippen LogP contribution in [-0.2, 0) is 4.79 Å². The number of carbonyl (C=O) groups is 1. The molecular weight excluding hydrogens is 298 g/mol. The topological polar surface area (TPSA) is 41.1 Å².